The van der Waals surface area contributed by atoms with Crippen molar-refractivity contribution in [3.8, 4) is 5.75 Å². The Balaban J connectivity index is 1.90. The molecule has 0 saturated carbocycles. The summed E-state index contributed by atoms with van der Waals surface area (Å²) in [5.41, 5.74) is 6.94. The summed E-state index contributed by atoms with van der Waals surface area (Å²) < 4.78 is 0. The van der Waals surface area contributed by atoms with E-state index in [0.717, 1.165) is 5.56 Å². The van der Waals surface area contributed by atoms with Gasteiger partial charge in [0.05, 0.1) is 0 Å². The molecule has 0 unspecified atom stereocenters. The number of hydrogen-bond acceptors (Lipinski definition) is 4. The number of anilines is 1. The topological polar surface area (TPSA) is 88.2 Å². The van der Waals surface area contributed by atoms with Crippen molar-refractivity contribution in [2.24, 2.45) is 0 Å². The number of benzene rings is 1. The number of nitrogen functional groups attached to an aromatic ring is 1. The Labute approximate surface area is 121 Å². The largest absolute Gasteiger partial charge is 0.508 e. The van der Waals surface area contributed by atoms with E-state index in [1.165, 1.54) is 12.1 Å². The van der Waals surface area contributed by atoms with E-state index >= 15 is 0 Å². The molecule has 0 aliphatic carbocycles. The molecule has 0 saturated heterocycles. The van der Waals surface area contributed by atoms with Crippen molar-refractivity contribution < 1.29 is 9.90 Å². The Hall–Kier alpha value is -2.27. The van der Waals surface area contributed by atoms with Crippen LogP contribution in [0.2, 0.25) is 5.15 Å². The number of aromatic nitrogens is 1. The summed E-state index contributed by atoms with van der Waals surface area (Å²) >= 11 is 5.74. The summed E-state index contributed by atoms with van der Waals surface area (Å²) in [6.07, 6.45) is 0.667. The first kappa shape index (κ1) is 14.1. The minimum Gasteiger partial charge on any atom is -0.508 e. The van der Waals surface area contributed by atoms with Gasteiger partial charge in [-0.05, 0) is 36.2 Å². The highest BCUT2D eigenvalue weighted by Gasteiger charge is 2.07. The highest BCUT2D eigenvalue weighted by molar-refractivity contribution is 6.29. The maximum Gasteiger partial charge on any atom is 0.251 e. The van der Waals surface area contributed by atoms with Crippen molar-refractivity contribution in [1.29, 1.82) is 0 Å². The lowest BCUT2D eigenvalue weighted by Gasteiger charge is -2.06. The van der Waals surface area contributed by atoms with Crippen molar-refractivity contribution in [2.75, 3.05) is 12.3 Å². The number of carbonyl (C=O) groups is 1. The fourth-order valence-electron chi connectivity index (χ4n) is 1.73. The van der Waals surface area contributed by atoms with E-state index < -0.39 is 0 Å². The molecule has 1 amide bonds. The minimum absolute atomic E-state index is 0.189. The van der Waals surface area contributed by atoms with Gasteiger partial charge in [-0.25, -0.2) is 4.98 Å². The standard InChI is InChI=1S/C14H14ClN3O2/c15-12-7-10(8-13(16)18-12)14(20)17-6-5-9-1-3-11(19)4-2-9/h1-4,7-8,19H,5-6H2,(H2,16,18)(H,17,20). The van der Waals surface area contributed by atoms with E-state index in [0.29, 0.717) is 18.5 Å². The van der Waals surface area contributed by atoms with Crippen LogP contribution in [0, 0.1) is 0 Å². The van der Waals surface area contributed by atoms with Crippen LogP contribution in [-0.2, 0) is 6.42 Å². The Kier molecular flexibility index (Phi) is 4.42. The number of rotatable bonds is 4. The number of hydrogen-bond donors (Lipinski definition) is 3. The van der Waals surface area contributed by atoms with Crippen molar-refractivity contribution in [1.82, 2.24) is 10.3 Å². The molecule has 0 spiro atoms. The SMILES string of the molecule is Nc1cc(C(=O)NCCc2ccc(O)cc2)cc(Cl)n1. The Bertz CT molecular complexity index is 594. The van der Waals surface area contributed by atoms with Gasteiger partial charge in [0, 0.05) is 12.1 Å². The lowest BCUT2D eigenvalue weighted by Crippen LogP contribution is -2.25. The van der Waals surface area contributed by atoms with E-state index in [-0.39, 0.29) is 22.6 Å². The Morgan fingerprint density at radius 1 is 1.30 bits per heavy atom. The molecule has 1 aromatic heterocycles. The second-order valence-corrected chi connectivity index (χ2v) is 4.66. The number of amides is 1. The molecule has 1 aromatic carbocycles. The molecule has 6 heteroatoms. The number of carbonyl (C=O) groups excluding carboxylic acids is 1. The van der Waals surface area contributed by atoms with E-state index in [2.05, 4.69) is 10.3 Å². The second kappa shape index (κ2) is 6.25. The maximum absolute atomic E-state index is 11.9. The molecule has 1 heterocycles. The molecule has 4 N–H and O–H groups in total. The number of phenols is 1. The van der Waals surface area contributed by atoms with Crippen LogP contribution in [0.15, 0.2) is 36.4 Å². The van der Waals surface area contributed by atoms with E-state index in [9.17, 15) is 9.90 Å². The van der Waals surface area contributed by atoms with Crippen LogP contribution in [-0.4, -0.2) is 22.5 Å². The molecule has 0 aliphatic rings. The number of nitrogens with one attached hydrogen (secondary N) is 1. The summed E-state index contributed by atoms with van der Waals surface area (Å²) in [6.45, 7) is 0.476. The average Bonchev–Trinajstić information content (AvgIpc) is 2.40. The normalized spacial score (nSPS) is 10.2. The molecular weight excluding hydrogens is 278 g/mol. The van der Waals surface area contributed by atoms with Crippen LogP contribution in [0.1, 0.15) is 15.9 Å². The molecule has 0 radical (unpaired) electrons. The van der Waals surface area contributed by atoms with Gasteiger partial charge >= 0.3 is 0 Å². The zero-order chi connectivity index (χ0) is 14.5. The van der Waals surface area contributed by atoms with Crippen LogP contribution in [0.4, 0.5) is 5.82 Å². The van der Waals surface area contributed by atoms with E-state index in [1.54, 1.807) is 12.1 Å². The fraction of sp³-hybridized carbons (Fsp3) is 0.143. The molecule has 0 aliphatic heterocycles. The van der Waals surface area contributed by atoms with Gasteiger partial charge in [-0.1, -0.05) is 23.7 Å². The first-order valence-corrected chi connectivity index (χ1v) is 6.41. The number of aromatic hydroxyl groups is 1. The van der Waals surface area contributed by atoms with Crippen LogP contribution >= 0.6 is 11.6 Å². The molecule has 20 heavy (non-hydrogen) atoms. The summed E-state index contributed by atoms with van der Waals surface area (Å²) in [5, 5.41) is 12.1. The summed E-state index contributed by atoms with van der Waals surface area (Å²) in [5.74, 6) is 0.181. The highest BCUT2D eigenvalue weighted by atomic mass is 35.5. The number of pyridine rings is 1. The van der Waals surface area contributed by atoms with Gasteiger partial charge in [-0.3, -0.25) is 4.79 Å². The van der Waals surface area contributed by atoms with Gasteiger partial charge < -0.3 is 16.2 Å². The summed E-state index contributed by atoms with van der Waals surface area (Å²) in [6, 6.07) is 9.78. The van der Waals surface area contributed by atoms with Gasteiger partial charge in [-0.2, -0.15) is 0 Å². The van der Waals surface area contributed by atoms with Crippen LogP contribution < -0.4 is 11.1 Å². The third kappa shape index (κ3) is 3.86. The molecule has 2 aromatic rings. The molecule has 5 nitrogen and oxygen atoms in total. The summed E-state index contributed by atoms with van der Waals surface area (Å²) in [4.78, 5) is 15.7. The predicted octanol–water partition coefficient (Wildman–Crippen LogP) is 2.00. The zero-order valence-corrected chi connectivity index (χ0v) is 11.4. The van der Waals surface area contributed by atoms with Crippen molar-refractivity contribution >= 4 is 23.3 Å². The van der Waals surface area contributed by atoms with Gasteiger partial charge in [0.2, 0.25) is 0 Å². The quantitative estimate of drug-likeness (QED) is 0.752. The first-order chi connectivity index (χ1) is 9.54. The van der Waals surface area contributed by atoms with Gasteiger partial charge in [0.25, 0.3) is 5.91 Å². The van der Waals surface area contributed by atoms with E-state index in [4.69, 9.17) is 17.3 Å². The minimum atomic E-state index is -0.250. The predicted molar refractivity (Wildman–Crippen MR) is 77.8 cm³/mol. The Morgan fingerprint density at radius 3 is 2.65 bits per heavy atom. The maximum atomic E-state index is 11.9. The highest BCUT2D eigenvalue weighted by Crippen LogP contribution is 2.12. The Morgan fingerprint density at radius 2 is 2.00 bits per heavy atom. The monoisotopic (exact) mass is 291 g/mol. The third-order valence-corrected chi connectivity index (χ3v) is 2.91. The van der Waals surface area contributed by atoms with E-state index in [1.807, 2.05) is 12.1 Å². The zero-order valence-electron chi connectivity index (χ0n) is 10.6. The lowest BCUT2D eigenvalue weighted by atomic mass is 10.1. The second-order valence-electron chi connectivity index (χ2n) is 4.28. The van der Waals surface area contributed by atoms with Crippen LogP contribution in [0.3, 0.4) is 0 Å². The van der Waals surface area contributed by atoms with Crippen molar-refractivity contribution in [3.63, 3.8) is 0 Å². The fourth-order valence-corrected chi connectivity index (χ4v) is 1.95. The average molecular weight is 292 g/mol. The van der Waals surface area contributed by atoms with Crippen LogP contribution in [0.5, 0.6) is 5.75 Å². The molecule has 0 fully saturated rings. The number of nitrogens with two attached hydrogens (primary N) is 1. The number of nitrogens with zero attached hydrogens (tertiary/aromatic N) is 1. The number of halogens is 1. The van der Waals surface area contributed by atoms with Gasteiger partial charge in [0.1, 0.15) is 16.7 Å². The van der Waals surface area contributed by atoms with Gasteiger partial charge in [0.15, 0.2) is 0 Å². The molecular formula is C14H14ClN3O2. The molecule has 0 bridgehead atoms. The third-order valence-electron chi connectivity index (χ3n) is 2.71. The molecule has 2 rings (SSSR count). The van der Waals surface area contributed by atoms with Crippen LogP contribution in [0.25, 0.3) is 0 Å². The lowest BCUT2D eigenvalue weighted by molar-refractivity contribution is 0.0954. The first-order valence-electron chi connectivity index (χ1n) is 6.04. The van der Waals surface area contributed by atoms with Crippen molar-refractivity contribution in [3.05, 3.63) is 52.7 Å². The molecule has 104 valence electrons. The number of phenolic OH excluding ortho intramolecular Hbond substituents is 1. The van der Waals surface area contributed by atoms with Crippen molar-refractivity contribution in [2.45, 2.75) is 6.42 Å². The van der Waals surface area contributed by atoms with Gasteiger partial charge in [-0.15, -0.1) is 0 Å². The molecule has 0 atom stereocenters. The smallest absolute Gasteiger partial charge is 0.251 e. The summed E-state index contributed by atoms with van der Waals surface area (Å²) in [7, 11) is 0.